The summed E-state index contributed by atoms with van der Waals surface area (Å²) in [7, 11) is 0. The fourth-order valence-electron chi connectivity index (χ4n) is 2.05. The third kappa shape index (κ3) is 1.32. The van der Waals surface area contributed by atoms with Gasteiger partial charge >= 0.3 is 0 Å². The van der Waals surface area contributed by atoms with E-state index in [9.17, 15) is 13.6 Å². The smallest absolute Gasteiger partial charge is 0.228 e. The van der Waals surface area contributed by atoms with Crippen molar-refractivity contribution in [1.82, 2.24) is 0 Å². The van der Waals surface area contributed by atoms with Crippen LogP contribution in [0.4, 0.5) is 8.78 Å². The topological polar surface area (TPSA) is 43.1 Å². The van der Waals surface area contributed by atoms with Gasteiger partial charge in [-0.2, -0.15) is 0 Å². The average molecular weight is 211 g/mol. The molecule has 0 spiro atoms. The Hall–Kier alpha value is -1.45. The third-order valence-electron chi connectivity index (χ3n) is 3.15. The minimum absolute atomic E-state index is 0.0984. The van der Waals surface area contributed by atoms with Gasteiger partial charge in [-0.1, -0.05) is 18.6 Å². The van der Waals surface area contributed by atoms with Gasteiger partial charge in [-0.25, -0.2) is 8.78 Å². The van der Waals surface area contributed by atoms with Gasteiger partial charge in [0.25, 0.3) is 0 Å². The summed E-state index contributed by atoms with van der Waals surface area (Å²) < 4.78 is 26.5. The summed E-state index contributed by atoms with van der Waals surface area (Å²) in [6.45, 7) is 0. The molecule has 1 aliphatic rings. The second-order valence-electron chi connectivity index (χ2n) is 3.90. The van der Waals surface area contributed by atoms with Crippen molar-refractivity contribution in [2.75, 3.05) is 0 Å². The molecule has 0 bridgehead atoms. The van der Waals surface area contributed by atoms with Gasteiger partial charge < -0.3 is 5.73 Å². The van der Waals surface area contributed by atoms with Crippen LogP contribution in [0.1, 0.15) is 24.8 Å². The number of hydrogen-bond acceptors (Lipinski definition) is 1. The van der Waals surface area contributed by atoms with Crippen LogP contribution in [0.3, 0.4) is 0 Å². The summed E-state index contributed by atoms with van der Waals surface area (Å²) in [5.41, 5.74) is 4.37. The first-order chi connectivity index (χ1) is 7.08. The lowest BCUT2D eigenvalue weighted by Crippen LogP contribution is -2.47. The number of halogens is 2. The van der Waals surface area contributed by atoms with Gasteiger partial charge in [0.1, 0.15) is 0 Å². The molecule has 0 unspecified atom stereocenters. The molecule has 2 nitrogen and oxygen atoms in total. The first-order valence-electron chi connectivity index (χ1n) is 4.82. The molecular weight excluding hydrogens is 200 g/mol. The van der Waals surface area contributed by atoms with E-state index < -0.39 is 23.0 Å². The Kier molecular flexibility index (Phi) is 2.21. The van der Waals surface area contributed by atoms with Crippen molar-refractivity contribution in [2.45, 2.75) is 24.7 Å². The van der Waals surface area contributed by atoms with Crippen LogP contribution in [0.15, 0.2) is 18.2 Å². The maximum Gasteiger partial charge on any atom is 0.228 e. The van der Waals surface area contributed by atoms with E-state index in [-0.39, 0.29) is 5.56 Å². The fraction of sp³-hybridized carbons (Fsp3) is 0.364. The number of carbonyl (C=O) groups is 1. The Morgan fingerprint density at radius 2 is 2.00 bits per heavy atom. The lowest BCUT2D eigenvalue weighted by molar-refractivity contribution is -0.126. The number of rotatable bonds is 2. The number of amides is 1. The second-order valence-corrected chi connectivity index (χ2v) is 3.90. The van der Waals surface area contributed by atoms with E-state index in [0.29, 0.717) is 12.8 Å². The van der Waals surface area contributed by atoms with E-state index in [1.54, 1.807) is 0 Å². The standard InChI is InChI=1S/C11H11F2NO/c12-8-4-1-3-7(9(8)13)11(10(14)15)5-2-6-11/h1,3-4H,2,5-6H2,(H2,14,15). The van der Waals surface area contributed by atoms with E-state index in [2.05, 4.69) is 0 Å². The zero-order valence-electron chi connectivity index (χ0n) is 8.09. The van der Waals surface area contributed by atoms with Crippen LogP contribution < -0.4 is 5.73 Å². The number of primary amides is 1. The molecule has 1 saturated carbocycles. The van der Waals surface area contributed by atoms with E-state index in [0.717, 1.165) is 12.5 Å². The normalized spacial score (nSPS) is 18.3. The third-order valence-corrected chi connectivity index (χ3v) is 3.15. The molecule has 2 rings (SSSR count). The molecule has 0 aromatic heterocycles. The number of hydrogen-bond donors (Lipinski definition) is 1. The Morgan fingerprint density at radius 1 is 1.33 bits per heavy atom. The molecule has 2 N–H and O–H groups in total. The van der Waals surface area contributed by atoms with Crippen LogP contribution in [0.5, 0.6) is 0 Å². The predicted octanol–water partition coefficient (Wildman–Crippen LogP) is 1.87. The molecule has 0 saturated heterocycles. The molecule has 15 heavy (non-hydrogen) atoms. The largest absolute Gasteiger partial charge is 0.369 e. The van der Waals surface area contributed by atoms with Gasteiger partial charge in [0.05, 0.1) is 5.41 Å². The zero-order valence-corrected chi connectivity index (χ0v) is 8.09. The average Bonchev–Trinajstić information content (AvgIpc) is 2.09. The van der Waals surface area contributed by atoms with Crippen LogP contribution >= 0.6 is 0 Å². The van der Waals surface area contributed by atoms with Crippen LogP contribution in [-0.2, 0) is 10.2 Å². The molecule has 0 heterocycles. The molecule has 0 atom stereocenters. The second kappa shape index (κ2) is 3.29. The number of carbonyl (C=O) groups excluding carboxylic acids is 1. The predicted molar refractivity (Wildman–Crippen MR) is 51.1 cm³/mol. The van der Waals surface area contributed by atoms with E-state index in [1.807, 2.05) is 0 Å². The van der Waals surface area contributed by atoms with Crippen molar-refractivity contribution >= 4 is 5.91 Å². The van der Waals surface area contributed by atoms with Gasteiger partial charge in [0, 0.05) is 5.56 Å². The molecule has 0 aliphatic heterocycles. The lowest BCUT2D eigenvalue weighted by atomic mass is 9.64. The zero-order chi connectivity index (χ0) is 11.1. The summed E-state index contributed by atoms with van der Waals surface area (Å²) in [5.74, 6) is -2.45. The summed E-state index contributed by atoms with van der Waals surface area (Å²) in [6, 6.07) is 3.87. The van der Waals surface area contributed by atoms with E-state index in [1.165, 1.54) is 12.1 Å². The van der Waals surface area contributed by atoms with E-state index >= 15 is 0 Å². The quantitative estimate of drug-likeness (QED) is 0.797. The van der Waals surface area contributed by atoms with Crippen LogP contribution in [0.25, 0.3) is 0 Å². The van der Waals surface area contributed by atoms with Crippen LogP contribution in [-0.4, -0.2) is 5.91 Å². The number of nitrogens with two attached hydrogens (primary N) is 1. The molecule has 0 radical (unpaired) electrons. The molecular formula is C11H11F2NO. The van der Waals surface area contributed by atoms with Crippen molar-refractivity contribution in [2.24, 2.45) is 5.73 Å². The lowest BCUT2D eigenvalue weighted by Gasteiger charge is -2.39. The molecule has 1 aromatic carbocycles. The van der Waals surface area contributed by atoms with Gasteiger partial charge in [0.15, 0.2) is 11.6 Å². The monoisotopic (exact) mass is 211 g/mol. The molecule has 1 aromatic rings. The highest BCUT2D eigenvalue weighted by Crippen LogP contribution is 2.44. The van der Waals surface area contributed by atoms with Crippen molar-refractivity contribution in [1.29, 1.82) is 0 Å². The van der Waals surface area contributed by atoms with Gasteiger partial charge in [-0.15, -0.1) is 0 Å². The summed E-state index contributed by atoms with van der Waals surface area (Å²) >= 11 is 0. The Bertz CT molecular complexity index is 413. The maximum absolute atomic E-state index is 13.5. The fourth-order valence-corrected chi connectivity index (χ4v) is 2.05. The molecule has 4 heteroatoms. The Labute approximate surface area is 86.1 Å². The molecule has 80 valence electrons. The van der Waals surface area contributed by atoms with Crippen molar-refractivity contribution in [3.05, 3.63) is 35.4 Å². The highest BCUT2D eigenvalue weighted by Gasteiger charge is 2.46. The van der Waals surface area contributed by atoms with Crippen LogP contribution in [0, 0.1) is 11.6 Å². The molecule has 1 fully saturated rings. The first kappa shape index (κ1) is 10.1. The summed E-state index contributed by atoms with van der Waals surface area (Å²) in [4.78, 5) is 11.3. The van der Waals surface area contributed by atoms with Gasteiger partial charge in [0.2, 0.25) is 5.91 Å². The van der Waals surface area contributed by atoms with E-state index in [4.69, 9.17) is 5.73 Å². The maximum atomic E-state index is 13.5. The minimum atomic E-state index is -0.980. The molecule has 1 aliphatic carbocycles. The highest BCUT2D eigenvalue weighted by atomic mass is 19.2. The van der Waals surface area contributed by atoms with Crippen molar-refractivity contribution in [3.63, 3.8) is 0 Å². The van der Waals surface area contributed by atoms with Crippen LogP contribution in [0.2, 0.25) is 0 Å². The van der Waals surface area contributed by atoms with Crippen molar-refractivity contribution in [3.8, 4) is 0 Å². The molecule has 1 amide bonds. The van der Waals surface area contributed by atoms with Crippen molar-refractivity contribution < 1.29 is 13.6 Å². The Balaban J connectivity index is 2.53. The first-order valence-corrected chi connectivity index (χ1v) is 4.82. The van der Waals surface area contributed by atoms with Gasteiger partial charge in [-0.3, -0.25) is 4.79 Å². The SMILES string of the molecule is NC(=O)C1(c2cccc(F)c2F)CCC1. The minimum Gasteiger partial charge on any atom is -0.369 e. The van der Waals surface area contributed by atoms with Gasteiger partial charge in [-0.05, 0) is 18.9 Å². The summed E-state index contributed by atoms with van der Waals surface area (Å²) in [6.07, 6.45) is 1.82. The summed E-state index contributed by atoms with van der Waals surface area (Å²) in [5, 5.41) is 0. The highest BCUT2D eigenvalue weighted by molar-refractivity contribution is 5.87. The Morgan fingerprint density at radius 3 is 2.47 bits per heavy atom. The number of benzene rings is 1.